The van der Waals surface area contributed by atoms with Crippen LogP contribution < -0.4 is 0 Å². The lowest BCUT2D eigenvalue weighted by atomic mass is 9.95. The van der Waals surface area contributed by atoms with Crippen molar-refractivity contribution in [1.82, 2.24) is 0 Å². The predicted octanol–water partition coefficient (Wildman–Crippen LogP) is 5.94. The van der Waals surface area contributed by atoms with Crippen molar-refractivity contribution in [2.24, 2.45) is 0 Å². The van der Waals surface area contributed by atoms with Gasteiger partial charge in [-0.05, 0) is 44.8 Å². The minimum absolute atomic E-state index is 0.680. The smallest absolute Gasteiger partial charge is 0.159 e. The fourth-order valence-electron chi connectivity index (χ4n) is 2.96. The Kier molecular flexibility index (Phi) is 2.90. The summed E-state index contributed by atoms with van der Waals surface area (Å²) < 4.78 is 26.7. The lowest BCUT2D eigenvalue weighted by Gasteiger charge is -2.10. The molecular formula is C20H12F2. The van der Waals surface area contributed by atoms with Crippen LogP contribution >= 0.6 is 0 Å². The second-order valence-corrected chi connectivity index (χ2v) is 5.32. The summed E-state index contributed by atoms with van der Waals surface area (Å²) in [5, 5.41) is 4.47. The molecule has 0 saturated carbocycles. The Morgan fingerprint density at radius 3 is 2.23 bits per heavy atom. The maximum Gasteiger partial charge on any atom is 0.159 e. The van der Waals surface area contributed by atoms with Gasteiger partial charge in [-0.15, -0.1) is 0 Å². The Morgan fingerprint density at radius 1 is 0.545 bits per heavy atom. The number of halogens is 2. The molecule has 0 aliphatic carbocycles. The standard InChI is InChI=1S/C20H12F2/c21-19-11-9-14(12-20(19)22)16-6-3-7-17-15-5-2-1-4-13(15)8-10-18(16)17/h1-12H. The van der Waals surface area contributed by atoms with E-state index in [9.17, 15) is 8.78 Å². The molecule has 0 unspecified atom stereocenters. The van der Waals surface area contributed by atoms with Crippen molar-refractivity contribution in [2.75, 3.05) is 0 Å². The molecule has 0 aliphatic rings. The molecule has 0 amide bonds. The first-order valence-corrected chi connectivity index (χ1v) is 7.10. The van der Waals surface area contributed by atoms with Gasteiger partial charge in [0.05, 0.1) is 0 Å². The second-order valence-electron chi connectivity index (χ2n) is 5.32. The molecule has 0 bridgehead atoms. The Bertz CT molecular complexity index is 1000. The van der Waals surface area contributed by atoms with Crippen LogP contribution in [0.15, 0.2) is 72.8 Å². The zero-order chi connectivity index (χ0) is 15.1. The Balaban J connectivity index is 2.06. The monoisotopic (exact) mass is 290 g/mol. The van der Waals surface area contributed by atoms with Crippen LogP contribution in [0.5, 0.6) is 0 Å². The fraction of sp³-hybridized carbons (Fsp3) is 0. The van der Waals surface area contributed by atoms with Crippen LogP contribution in [-0.4, -0.2) is 0 Å². The van der Waals surface area contributed by atoms with Gasteiger partial charge in [0.1, 0.15) is 0 Å². The molecule has 4 aromatic rings. The van der Waals surface area contributed by atoms with Crippen LogP contribution in [0.1, 0.15) is 0 Å². The Labute approximate surface area is 126 Å². The molecule has 106 valence electrons. The van der Waals surface area contributed by atoms with Gasteiger partial charge in [-0.3, -0.25) is 0 Å². The van der Waals surface area contributed by atoms with Crippen molar-refractivity contribution in [3.8, 4) is 11.1 Å². The van der Waals surface area contributed by atoms with Crippen LogP contribution in [0.25, 0.3) is 32.7 Å². The minimum Gasteiger partial charge on any atom is -0.204 e. The van der Waals surface area contributed by atoms with Crippen LogP contribution in [0.3, 0.4) is 0 Å². The molecule has 4 aromatic carbocycles. The maximum absolute atomic E-state index is 13.5. The third-order valence-corrected chi connectivity index (χ3v) is 4.02. The highest BCUT2D eigenvalue weighted by molar-refractivity contribution is 6.11. The zero-order valence-electron chi connectivity index (χ0n) is 11.7. The molecule has 0 fully saturated rings. The molecule has 0 nitrogen and oxygen atoms in total. The average molecular weight is 290 g/mol. The van der Waals surface area contributed by atoms with Crippen molar-refractivity contribution < 1.29 is 8.78 Å². The van der Waals surface area contributed by atoms with Crippen LogP contribution in [-0.2, 0) is 0 Å². The third-order valence-electron chi connectivity index (χ3n) is 4.02. The van der Waals surface area contributed by atoms with E-state index in [1.165, 1.54) is 12.1 Å². The average Bonchev–Trinajstić information content (AvgIpc) is 2.56. The number of hydrogen-bond donors (Lipinski definition) is 0. The van der Waals surface area contributed by atoms with Gasteiger partial charge in [-0.2, -0.15) is 0 Å². The highest BCUT2D eigenvalue weighted by Crippen LogP contribution is 2.33. The largest absolute Gasteiger partial charge is 0.204 e. The molecule has 0 spiro atoms. The Morgan fingerprint density at radius 2 is 1.36 bits per heavy atom. The van der Waals surface area contributed by atoms with Gasteiger partial charge in [-0.1, -0.05) is 60.7 Å². The normalized spacial score (nSPS) is 11.2. The molecule has 4 rings (SSSR count). The van der Waals surface area contributed by atoms with E-state index >= 15 is 0 Å². The third kappa shape index (κ3) is 1.96. The summed E-state index contributed by atoms with van der Waals surface area (Å²) in [6, 6.07) is 22.2. The van der Waals surface area contributed by atoms with Gasteiger partial charge in [0.2, 0.25) is 0 Å². The summed E-state index contributed by atoms with van der Waals surface area (Å²) in [6.45, 7) is 0. The first-order chi connectivity index (χ1) is 10.7. The highest BCUT2D eigenvalue weighted by Gasteiger charge is 2.09. The summed E-state index contributed by atoms with van der Waals surface area (Å²) in [7, 11) is 0. The number of hydrogen-bond acceptors (Lipinski definition) is 0. The molecule has 0 aromatic heterocycles. The molecule has 0 heterocycles. The maximum atomic E-state index is 13.5. The topological polar surface area (TPSA) is 0 Å². The lowest BCUT2D eigenvalue weighted by molar-refractivity contribution is 0.509. The van der Waals surface area contributed by atoms with E-state index in [0.717, 1.165) is 27.1 Å². The molecule has 0 aliphatic heterocycles. The summed E-state index contributed by atoms with van der Waals surface area (Å²) in [6.07, 6.45) is 0. The van der Waals surface area contributed by atoms with Crippen molar-refractivity contribution >= 4 is 21.5 Å². The van der Waals surface area contributed by atoms with Crippen molar-refractivity contribution in [3.63, 3.8) is 0 Å². The molecule has 0 saturated heterocycles. The number of rotatable bonds is 1. The summed E-state index contributed by atoms with van der Waals surface area (Å²) in [5.41, 5.74) is 1.59. The van der Waals surface area contributed by atoms with E-state index in [0.29, 0.717) is 5.56 Å². The van der Waals surface area contributed by atoms with E-state index in [4.69, 9.17) is 0 Å². The Hall–Kier alpha value is -2.74. The minimum atomic E-state index is -0.825. The van der Waals surface area contributed by atoms with Crippen molar-refractivity contribution in [1.29, 1.82) is 0 Å². The molecular weight excluding hydrogens is 278 g/mol. The number of fused-ring (bicyclic) bond motifs is 3. The van der Waals surface area contributed by atoms with E-state index in [-0.39, 0.29) is 0 Å². The van der Waals surface area contributed by atoms with E-state index in [1.54, 1.807) is 6.07 Å². The molecule has 22 heavy (non-hydrogen) atoms. The summed E-state index contributed by atoms with van der Waals surface area (Å²) >= 11 is 0. The SMILES string of the molecule is Fc1ccc(-c2cccc3c2ccc2ccccc23)cc1F. The first-order valence-electron chi connectivity index (χ1n) is 7.10. The fourth-order valence-corrected chi connectivity index (χ4v) is 2.96. The summed E-state index contributed by atoms with van der Waals surface area (Å²) in [4.78, 5) is 0. The zero-order valence-corrected chi connectivity index (χ0v) is 11.7. The second kappa shape index (κ2) is 4.92. The van der Waals surface area contributed by atoms with Gasteiger partial charge >= 0.3 is 0 Å². The summed E-state index contributed by atoms with van der Waals surface area (Å²) in [5.74, 6) is -1.65. The van der Waals surface area contributed by atoms with Crippen LogP contribution in [0.2, 0.25) is 0 Å². The first kappa shape index (κ1) is 13.0. The van der Waals surface area contributed by atoms with Gasteiger partial charge in [-0.25, -0.2) is 8.78 Å². The lowest BCUT2D eigenvalue weighted by Crippen LogP contribution is -1.87. The molecule has 2 heteroatoms. The molecule has 0 radical (unpaired) electrons. The quantitative estimate of drug-likeness (QED) is 0.381. The van der Waals surface area contributed by atoms with E-state index in [2.05, 4.69) is 24.3 Å². The predicted molar refractivity (Wildman–Crippen MR) is 86.8 cm³/mol. The molecule has 0 N–H and O–H groups in total. The van der Waals surface area contributed by atoms with Gasteiger partial charge in [0.15, 0.2) is 11.6 Å². The van der Waals surface area contributed by atoms with E-state index in [1.807, 2.05) is 30.3 Å². The van der Waals surface area contributed by atoms with Crippen molar-refractivity contribution in [3.05, 3.63) is 84.4 Å². The van der Waals surface area contributed by atoms with Gasteiger partial charge in [0.25, 0.3) is 0 Å². The van der Waals surface area contributed by atoms with Crippen LogP contribution in [0.4, 0.5) is 8.78 Å². The molecule has 0 atom stereocenters. The highest BCUT2D eigenvalue weighted by atomic mass is 19.2. The number of benzene rings is 4. The van der Waals surface area contributed by atoms with Crippen molar-refractivity contribution in [2.45, 2.75) is 0 Å². The van der Waals surface area contributed by atoms with Gasteiger partial charge in [0, 0.05) is 0 Å². The van der Waals surface area contributed by atoms with E-state index < -0.39 is 11.6 Å². The van der Waals surface area contributed by atoms with Crippen LogP contribution in [0, 0.1) is 11.6 Å². The van der Waals surface area contributed by atoms with Gasteiger partial charge < -0.3 is 0 Å².